The third kappa shape index (κ3) is 4.74. The first-order chi connectivity index (χ1) is 7.79. The lowest BCUT2D eigenvalue weighted by Gasteiger charge is -2.18. The Hall–Kier alpha value is -1.08. The molecule has 0 unspecified atom stereocenters. The van der Waals surface area contributed by atoms with Gasteiger partial charge in [0, 0.05) is 7.05 Å². The molecule has 7 heteroatoms. The molecule has 6 nitrogen and oxygen atoms in total. The highest BCUT2D eigenvalue weighted by atomic mass is 32.2. The monoisotopic (exact) mass is 259 g/mol. The molecule has 0 aliphatic carbocycles. The van der Waals surface area contributed by atoms with Crippen LogP contribution in [0, 0.1) is 0 Å². The topological polar surface area (TPSA) is 77.2 Å². The van der Waals surface area contributed by atoms with E-state index in [0.29, 0.717) is 17.6 Å². The second-order valence-electron chi connectivity index (χ2n) is 4.54. The summed E-state index contributed by atoms with van der Waals surface area (Å²) in [6.07, 6.45) is 0. The van der Waals surface area contributed by atoms with Crippen LogP contribution in [0.2, 0.25) is 0 Å². The molecule has 0 fully saturated rings. The number of carboxylic acid groups (broad SMARTS) is 1. The van der Waals surface area contributed by atoms with E-state index in [2.05, 4.69) is 10.2 Å². The first kappa shape index (κ1) is 14.0. The molecule has 0 radical (unpaired) electrons. The second kappa shape index (κ2) is 5.50. The number of carbonyl (C=O) groups is 1. The SMILES string of the molecule is Cn1c(COC(C)(C)C)nnc1SCC(=O)O. The van der Waals surface area contributed by atoms with Gasteiger partial charge in [0.25, 0.3) is 0 Å². The Balaban J connectivity index is 2.61. The maximum absolute atomic E-state index is 10.4. The number of hydrogen-bond acceptors (Lipinski definition) is 5. The van der Waals surface area contributed by atoms with Gasteiger partial charge in [-0.2, -0.15) is 0 Å². The minimum atomic E-state index is -0.870. The smallest absolute Gasteiger partial charge is 0.313 e. The Morgan fingerprint density at radius 3 is 2.65 bits per heavy atom. The molecule has 0 spiro atoms. The fourth-order valence-electron chi connectivity index (χ4n) is 1.00. The number of ether oxygens (including phenoxy) is 1. The molecular formula is C10H17N3O3S. The lowest BCUT2D eigenvalue weighted by molar-refractivity contribution is -0.133. The molecule has 17 heavy (non-hydrogen) atoms. The summed E-state index contributed by atoms with van der Waals surface area (Å²) >= 11 is 1.14. The van der Waals surface area contributed by atoms with E-state index in [-0.39, 0.29) is 11.4 Å². The maximum Gasteiger partial charge on any atom is 0.313 e. The van der Waals surface area contributed by atoms with E-state index in [1.807, 2.05) is 20.8 Å². The van der Waals surface area contributed by atoms with Gasteiger partial charge in [0.2, 0.25) is 0 Å². The van der Waals surface area contributed by atoms with Crippen molar-refractivity contribution in [1.82, 2.24) is 14.8 Å². The lowest BCUT2D eigenvalue weighted by Crippen LogP contribution is -2.20. The van der Waals surface area contributed by atoms with Crippen LogP contribution in [0.1, 0.15) is 26.6 Å². The molecular weight excluding hydrogens is 242 g/mol. The predicted molar refractivity (Wildman–Crippen MR) is 63.9 cm³/mol. The van der Waals surface area contributed by atoms with E-state index >= 15 is 0 Å². The molecule has 1 aromatic rings. The van der Waals surface area contributed by atoms with Crippen LogP contribution in [0.3, 0.4) is 0 Å². The van der Waals surface area contributed by atoms with Crippen LogP contribution in [0.4, 0.5) is 0 Å². The summed E-state index contributed by atoms with van der Waals surface area (Å²) in [6.45, 7) is 6.25. The van der Waals surface area contributed by atoms with Crippen molar-refractivity contribution in [2.75, 3.05) is 5.75 Å². The number of aromatic nitrogens is 3. The van der Waals surface area contributed by atoms with Crippen molar-refractivity contribution >= 4 is 17.7 Å². The summed E-state index contributed by atoms with van der Waals surface area (Å²) in [5.41, 5.74) is -0.236. The number of carboxylic acids is 1. The van der Waals surface area contributed by atoms with Crippen LogP contribution in [-0.2, 0) is 23.2 Å². The van der Waals surface area contributed by atoms with Crippen molar-refractivity contribution in [2.24, 2.45) is 7.05 Å². The number of thioether (sulfide) groups is 1. The van der Waals surface area contributed by atoms with Gasteiger partial charge in [-0.05, 0) is 20.8 Å². The van der Waals surface area contributed by atoms with E-state index < -0.39 is 5.97 Å². The van der Waals surface area contributed by atoms with E-state index in [0.717, 1.165) is 11.8 Å². The zero-order valence-corrected chi connectivity index (χ0v) is 11.2. The first-order valence-corrected chi connectivity index (χ1v) is 6.15. The molecule has 0 atom stereocenters. The van der Waals surface area contributed by atoms with Gasteiger partial charge in [-0.25, -0.2) is 0 Å². The minimum Gasteiger partial charge on any atom is -0.481 e. The Morgan fingerprint density at radius 1 is 1.47 bits per heavy atom. The first-order valence-electron chi connectivity index (χ1n) is 5.16. The molecule has 0 aromatic carbocycles. The average Bonchev–Trinajstić information content (AvgIpc) is 2.52. The largest absolute Gasteiger partial charge is 0.481 e. The van der Waals surface area contributed by atoms with Gasteiger partial charge < -0.3 is 14.4 Å². The summed E-state index contributed by atoms with van der Waals surface area (Å²) in [5, 5.41) is 17.1. The van der Waals surface area contributed by atoms with Gasteiger partial charge in [-0.1, -0.05) is 11.8 Å². The molecule has 0 amide bonds. The molecule has 0 saturated heterocycles. The fourth-order valence-corrected chi connectivity index (χ4v) is 1.65. The minimum absolute atomic E-state index is 0.0217. The number of rotatable bonds is 5. The summed E-state index contributed by atoms with van der Waals surface area (Å²) in [6, 6.07) is 0. The van der Waals surface area contributed by atoms with Crippen molar-refractivity contribution in [2.45, 2.75) is 38.1 Å². The molecule has 1 aromatic heterocycles. The fraction of sp³-hybridized carbons (Fsp3) is 0.700. The average molecular weight is 259 g/mol. The highest BCUT2D eigenvalue weighted by molar-refractivity contribution is 7.99. The molecule has 1 heterocycles. The van der Waals surface area contributed by atoms with Crippen molar-refractivity contribution in [3.8, 4) is 0 Å². The van der Waals surface area contributed by atoms with Crippen LogP contribution < -0.4 is 0 Å². The Kier molecular flexibility index (Phi) is 4.53. The lowest BCUT2D eigenvalue weighted by atomic mass is 10.2. The van der Waals surface area contributed by atoms with Gasteiger partial charge in [-0.3, -0.25) is 4.79 Å². The third-order valence-electron chi connectivity index (χ3n) is 1.88. The Labute approximate surface area is 104 Å². The summed E-state index contributed by atoms with van der Waals surface area (Å²) in [7, 11) is 1.80. The summed E-state index contributed by atoms with van der Waals surface area (Å²) in [4.78, 5) is 10.4. The maximum atomic E-state index is 10.4. The molecule has 1 rings (SSSR count). The highest BCUT2D eigenvalue weighted by Crippen LogP contribution is 2.17. The van der Waals surface area contributed by atoms with Crippen molar-refractivity contribution in [1.29, 1.82) is 0 Å². The standard InChI is InChI=1S/C10H17N3O3S/c1-10(2,3)16-5-7-11-12-9(13(7)4)17-6-8(14)15/h5-6H2,1-4H3,(H,14,15). The van der Waals surface area contributed by atoms with Gasteiger partial charge in [0.15, 0.2) is 11.0 Å². The Bertz CT molecular complexity index is 398. The Morgan fingerprint density at radius 2 is 2.12 bits per heavy atom. The number of aliphatic carboxylic acids is 1. The van der Waals surface area contributed by atoms with Crippen LogP contribution in [0.15, 0.2) is 5.16 Å². The quantitative estimate of drug-likeness (QED) is 0.803. The van der Waals surface area contributed by atoms with E-state index in [1.54, 1.807) is 11.6 Å². The normalized spacial score (nSPS) is 11.8. The highest BCUT2D eigenvalue weighted by Gasteiger charge is 2.15. The molecule has 0 bridgehead atoms. The number of nitrogens with zero attached hydrogens (tertiary/aromatic N) is 3. The molecule has 0 saturated carbocycles. The third-order valence-corrected chi connectivity index (χ3v) is 2.89. The van der Waals surface area contributed by atoms with Crippen LogP contribution in [0.25, 0.3) is 0 Å². The molecule has 0 aliphatic heterocycles. The zero-order chi connectivity index (χ0) is 13.1. The second-order valence-corrected chi connectivity index (χ2v) is 5.48. The zero-order valence-electron chi connectivity index (χ0n) is 10.4. The summed E-state index contributed by atoms with van der Waals surface area (Å²) in [5.74, 6) is -0.204. The van der Waals surface area contributed by atoms with E-state index in [4.69, 9.17) is 9.84 Å². The molecule has 0 aliphatic rings. The van der Waals surface area contributed by atoms with Gasteiger partial charge >= 0.3 is 5.97 Å². The van der Waals surface area contributed by atoms with Gasteiger partial charge in [-0.15, -0.1) is 10.2 Å². The molecule has 96 valence electrons. The van der Waals surface area contributed by atoms with Crippen LogP contribution in [0.5, 0.6) is 0 Å². The van der Waals surface area contributed by atoms with Crippen molar-refractivity contribution < 1.29 is 14.6 Å². The summed E-state index contributed by atoms with van der Waals surface area (Å²) < 4.78 is 7.34. The number of hydrogen-bond donors (Lipinski definition) is 1. The predicted octanol–water partition coefficient (Wildman–Crippen LogP) is 1.31. The van der Waals surface area contributed by atoms with Crippen LogP contribution >= 0.6 is 11.8 Å². The molecule has 1 N–H and O–H groups in total. The van der Waals surface area contributed by atoms with Crippen LogP contribution in [-0.4, -0.2) is 37.2 Å². The van der Waals surface area contributed by atoms with Crippen molar-refractivity contribution in [3.05, 3.63) is 5.82 Å². The van der Waals surface area contributed by atoms with Gasteiger partial charge in [0.1, 0.15) is 6.61 Å². The van der Waals surface area contributed by atoms with E-state index in [9.17, 15) is 4.79 Å². The van der Waals surface area contributed by atoms with Crippen molar-refractivity contribution in [3.63, 3.8) is 0 Å². The van der Waals surface area contributed by atoms with Gasteiger partial charge in [0.05, 0.1) is 11.4 Å². The van der Waals surface area contributed by atoms with E-state index in [1.165, 1.54) is 0 Å².